The van der Waals surface area contributed by atoms with Crippen molar-refractivity contribution < 1.29 is 0 Å². The molecule has 70 valence electrons. The minimum Gasteiger partial charge on any atom is -0.324 e. The molecule has 1 atom stereocenters. The molecule has 2 rings (SSSR count). The van der Waals surface area contributed by atoms with Gasteiger partial charge in [-0.15, -0.1) is 11.8 Å². The molecule has 1 aliphatic rings. The molecule has 1 nitrogen and oxygen atoms in total. The Morgan fingerprint density at radius 2 is 2.31 bits per heavy atom. The SMILES string of the molecule is NC1CCCSc2c(Br)cccc21. The van der Waals surface area contributed by atoms with Gasteiger partial charge in [0.05, 0.1) is 0 Å². The van der Waals surface area contributed by atoms with Gasteiger partial charge in [0.1, 0.15) is 0 Å². The van der Waals surface area contributed by atoms with Gasteiger partial charge in [0.25, 0.3) is 0 Å². The number of nitrogens with two attached hydrogens (primary N) is 1. The third-order valence-electron chi connectivity index (χ3n) is 2.30. The monoisotopic (exact) mass is 257 g/mol. The van der Waals surface area contributed by atoms with Gasteiger partial charge >= 0.3 is 0 Å². The fraction of sp³-hybridized carbons (Fsp3) is 0.400. The van der Waals surface area contributed by atoms with Crippen LogP contribution < -0.4 is 5.73 Å². The van der Waals surface area contributed by atoms with Crippen molar-refractivity contribution in [3.8, 4) is 0 Å². The summed E-state index contributed by atoms with van der Waals surface area (Å²) in [5, 5.41) is 0. The van der Waals surface area contributed by atoms with Crippen molar-refractivity contribution in [2.24, 2.45) is 5.73 Å². The summed E-state index contributed by atoms with van der Waals surface area (Å²) in [6.45, 7) is 0. The smallest absolute Gasteiger partial charge is 0.0314 e. The maximum absolute atomic E-state index is 6.08. The van der Waals surface area contributed by atoms with E-state index in [1.165, 1.54) is 27.1 Å². The van der Waals surface area contributed by atoms with Crippen molar-refractivity contribution in [3.05, 3.63) is 28.2 Å². The summed E-state index contributed by atoms with van der Waals surface area (Å²) < 4.78 is 1.19. The highest BCUT2D eigenvalue weighted by Crippen LogP contribution is 2.38. The fourth-order valence-electron chi connectivity index (χ4n) is 1.60. The summed E-state index contributed by atoms with van der Waals surface area (Å²) in [6, 6.07) is 6.52. The Morgan fingerprint density at radius 1 is 1.46 bits per heavy atom. The molecule has 1 aromatic carbocycles. The molecule has 2 N–H and O–H groups in total. The molecule has 0 spiro atoms. The summed E-state index contributed by atoms with van der Waals surface area (Å²) in [5.74, 6) is 1.18. The minimum atomic E-state index is 0.225. The van der Waals surface area contributed by atoms with Crippen LogP contribution in [0.1, 0.15) is 24.4 Å². The highest BCUT2D eigenvalue weighted by atomic mass is 79.9. The van der Waals surface area contributed by atoms with E-state index in [-0.39, 0.29) is 6.04 Å². The van der Waals surface area contributed by atoms with Gasteiger partial charge in [0.2, 0.25) is 0 Å². The molecular weight excluding hydrogens is 246 g/mol. The highest BCUT2D eigenvalue weighted by molar-refractivity contribution is 9.10. The van der Waals surface area contributed by atoms with Crippen molar-refractivity contribution in [2.75, 3.05) is 5.75 Å². The van der Waals surface area contributed by atoms with Crippen molar-refractivity contribution in [2.45, 2.75) is 23.8 Å². The molecular formula is C10H12BrNS. The Bertz CT molecular complexity index is 314. The molecule has 13 heavy (non-hydrogen) atoms. The standard InChI is InChI=1S/C10H12BrNS/c11-8-4-1-3-7-9(12)5-2-6-13-10(7)8/h1,3-4,9H,2,5-6,12H2. The zero-order chi connectivity index (χ0) is 9.26. The predicted octanol–water partition coefficient (Wildman–Crippen LogP) is 3.33. The predicted molar refractivity (Wildman–Crippen MR) is 61.0 cm³/mol. The average Bonchev–Trinajstić information content (AvgIpc) is 2.30. The molecule has 1 heterocycles. The molecule has 0 saturated carbocycles. The number of benzene rings is 1. The molecule has 1 aromatic rings. The van der Waals surface area contributed by atoms with Crippen molar-refractivity contribution in [3.63, 3.8) is 0 Å². The van der Waals surface area contributed by atoms with Gasteiger partial charge in [-0.25, -0.2) is 0 Å². The van der Waals surface area contributed by atoms with Crippen LogP contribution in [0.15, 0.2) is 27.6 Å². The van der Waals surface area contributed by atoms with E-state index in [9.17, 15) is 0 Å². The van der Waals surface area contributed by atoms with Crippen LogP contribution in [0.3, 0.4) is 0 Å². The van der Waals surface area contributed by atoms with Crippen LogP contribution in [-0.4, -0.2) is 5.75 Å². The third kappa shape index (κ3) is 1.92. The summed E-state index contributed by atoms with van der Waals surface area (Å²) in [5.41, 5.74) is 7.38. The van der Waals surface area contributed by atoms with Gasteiger partial charge in [-0.3, -0.25) is 0 Å². The molecule has 3 heteroatoms. The maximum Gasteiger partial charge on any atom is 0.0314 e. The summed E-state index contributed by atoms with van der Waals surface area (Å²) in [6.07, 6.45) is 2.32. The van der Waals surface area contributed by atoms with E-state index in [4.69, 9.17) is 5.73 Å². The number of halogens is 1. The van der Waals surface area contributed by atoms with Crippen molar-refractivity contribution in [1.29, 1.82) is 0 Å². The van der Waals surface area contributed by atoms with Crippen LogP contribution in [0.4, 0.5) is 0 Å². The van der Waals surface area contributed by atoms with Gasteiger partial charge < -0.3 is 5.73 Å². The topological polar surface area (TPSA) is 26.0 Å². The molecule has 0 radical (unpaired) electrons. The van der Waals surface area contributed by atoms with Crippen molar-refractivity contribution in [1.82, 2.24) is 0 Å². The van der Waals surface area contributed by atoms with E-state index in [2.05, 4.69) is 34.1 Å². The fourth-order valence-corrected chi connectivity index (χ4v) is 3.43. The number of rotatable bonds is 0. The Labute approximate surface area is 91.2 Å². The van der Waals surface area contributed by atoms with Crippen LogP contribution in [0.2, 0.25) is 0 Å². The lowest BCUT2D eigenvalue weighted by molar-refractivity contribution is 0.639. The minimum absolute atomic E-state index is 0.225. The lowest BCUT2D eigenvalue weighted by Crippen LogP contribution is -2.09. The molecule has 0 amide bonds. The first-order valence-corrected chi connectivity index (χ1v) is 6.23. The summed E-state index contributed by atoms with van der Waals surface area (Å²) in [7, 11) is 0. The van der Waals surface area contributed by atoms with E-state index in [0.29, 0.717) is 0 Å². The summed E-state index contributed by atoms with van der Waals surface area (Å²) in [4.78, 5) is 1.34. The largest absolute Gasteiger partial charge is 0.324 e. The second-order valence-electron chi connectivity index (χ2n) is 3.26. The first-order valence-electron chi connectivity index (χ1n) is 4.46. The van der Waals surface area contributed by atoms with Gasteiger partial charge in [-0.2, -0.15) is 0 Å². The first-order chi connectivity index (χ1) is 6.29. The number of hydrogen-bond donors (Lipinski definition) is 1. The van der Waals surface area contributed by atoms with Gasteiger partial charge in [0.15, 0.2) is 0 Å². The highest BCUT2D eigenvalue weighted by Gasteiger charge is 2.16. The second-order valence-corrected chi connectivity index (χ2v) is 5.21. The Morgan fingerprint density at radius 3 is 3.15 bits per heavy atom. The van der Waals surface area contributed by atoms with Crippen LogP contribution >= 0.6 is 27.7 Å². The lowest BCUT2D eigenvalue weighted by atomic mass is 10.0. The average molecular weight is 258 g/mol. The van der Waals surface area contributed by atoms with Crippen LogP contribution in [0.5, 0.6) is 0 Å². The van der Waals surface area contributed by atoms with Gasteiger partial charge in [0, 0.05) is 15.4 Å². The van der Waals surface area contributed by atoms with E-state index < -0.39 is 0 Å². The third-order valence-corrected chi connectivity index (χ3v) is 4.46. The van der Waals surface area contributed by atoms with Crippen LogP contribution in [0.25, 0.3) is 0 Å². The number of thioether (sulfide) groups is 1. The van der Waals surface area contributed by atoms with E-state index in [1.807, 2.05) is 11.8 Å². The first kappa shape index (κ1) is 9.56. The van der Waals surface area contributed by atoms with Gasteiger partial charge in [-0.1, -0.05) is 12.1 Å². The van der Waals surface area contributed by atoms with Crippen molar-refractivity contribution >= 4 is 27.7 Å². The molecule has 1 aliphatic heterocycles. The van der Waals surface area contributed by atoms with Crippen LogP contribution in [0, 0.1) is 0 Å². The van der Waals surface area contributed by atoms with E-state index >= 15 is 0 Å². The normalized spacial score (nSPS) is 22.2. The molecule has 1 unspecified atom stereocenters. The van der Waals surface area contributed by atoms with E-state index in [1.54, 1.807) is 0 Å². The molecule has 0 bridgehead atoms. The Hall–Kier alpha value is 0.0100. The lowest BCUT2D eigenvalue weighted by Gasteiger charge is -2.12. The molecule has 0 saturated heterocycles. The molecule has 0 aliphatic carbocycles. The quantitative estimate of drug-likeness (QED) is 0.772. The van der Waals surface area contributed by atoms with Crippen LogP contribution in [-0.2, 0) is 0 Å². The Kier molecular flexibility index (Phi) is 2.96. The zero-order valence-electron chi connectivity index (χ0n) is 7.29. The Balaban J connectivity index is 2.47. The van der Waals surface area contributed by atoms with E-state index in [0.717, 1.165) is 6.42 Å². The maximum atomic E-state index is 6.08. The molecule has 0 aromatic heterocycles. The number of hydrogen-bond acceptors (Lipinski definition) is 2. The number of fused-ring (bicyclic) bond motifs is 1. The summed E-state index contributed by atoms with van der Waals surface area (Å²) >= 11 is 5.48. The van der Waals surface area contributed by atoms with Gasteiger partial charge in [-0.05, 0) is 46.2 Å². The molecule has 0 fully saturated rings. The second kappa shape index (κ2) is 4.03. The zero-order valence-corrected chi connectivity index (χ0v) is 9.70.